The third-order valence-corrected chi connectivity index (χ3v) is 4.41. The Bertz CT molecular complexity index is 837. The van der Waals surface area contributed by atoms with E-state index < -0.39 is 29.8 Å². The van der Waals surface area contributed by atoms with Crippen molar-refractivity contribution in [2.75, 3.05) is 18.4 Å². The lowest BCUT2D eigenvalue weighted by Gasteiger charge is -2.31. The molecule has 144 valence electrons. The zero-order chi connectivity index (χ0) is 19.6. The Labute approximate surface area is 156 Å². The second-order valence-electron chi connectivity index (χ2n) is 6.09. The molecule has 1 aliphatic heterocycles. The number of amides is 2. The zero-order valence-electron chi connectivity index (χ0n) is 13.9. The highest BCUT2D eigenvalue weighted by molar-refractivity contribution is 6.30. The van der Waals surface area contributed by atoms with Gasteiger partial charge >= 0.3 is 6.18 Å². The molecular formula is C16H15ClF3N5O2. The van der Waals surface area contributed by atoms with Crippen LogP contribution in [-0.4, -0.2) is 45.0 Å². The molecule has 0 radical (unpaired) electrons. The number of aromatic amines is 1. The largest absolute Gasteiger partial charge is 0.451 e. The highest BCUT2D eigenvalue weighted by Crippen LogP contribution is 2.26. The quantitative estimate of drug-likeness (QED) is 0.827. The first-order chi connectivity index (χ1) is 12.7. The number of carbonyl (C=O) groups excluding carboxylic acids is 2. The number of hydrogen-bond donors (Lipinski definition) is 2. The van der Waals surface area contributed by atoms with E-state index >= 15 is 0 Å². The summed E-state index contributed by atoms with van der Waals surface area (Å²) in [7, 11) is 0. The van der Waals surface area contributed by atoms with Crippen molar-refractivity contribution in [1.29, 1.82) is 0 Å². The van der Waals surface area contributed by atoms with Crippen LogP contribution in [-0.2, 0) is 11.0 Å². The summed E-state index contributed by atoms with van der Waals surface area (Å²) in [6.07, 6.45) is -3.57. The van der Waals surface area contributed by atoms with Crippen LogP contribution in [0, 0.1) is 5.92 Å². The normalized spacial score (nSPS) is 17.6. The molecule has 1 saturated heterocycles. The smallest absolute Gasteiger partial charge is 0.338 e. The molecule has 27 heavy (non-hydrogen) atoms. The minimum Gasteiger partial charge on any atom is -0.338 e. The van der Waals surface area contributed by atoms with Gasteiger partial charge in [-0.05, 0) is 37.1 Å². The molecule has 1 atom stereocenters. The van der Waals surface area contributed by atoms with Gasteiger partial charge in [-0.3, -0.25) is 20.0 Å². The van der Waals surface area contributed by atoms with E-state index in [1.54, 1.807) is 29.4 Å². The van der Waals surface area contributed by atoms with Crippen LogP contribution in [0.4, 0.5) is 19.1 Å². The average molecular weight is 402 g/mol. The maximum atomic E-state index is 12.5. The number of H-pyrrole nitrogens is 1. The molecule has 2 amide bonds. The molecule has 7 nitrogen and oxygen atoms in total. The maximum absolute atomic E-state index is 12.5. The van der Waals surface area contributed by atoms with E-state index in [0.29, 0.717) is 30.0 Å². The molecule has 0 aliphatic carbocycles. The molecule has 1 fully saturated rings. The van der Waals surface area contributed by atoms with Gasteiger partial charge in [0.2, 0.25) is 17.7 Å². The number of benzene rings is 1. The van der Waals surface area contributed by atoms with Crippen LogP contribution >= 0.6 is 11.6 Å². The first kappa shape index (κ1) is 19.2. The SMILES string of the molecule is O=C(Nc1n[nH]c(C(F)(F)F)n1)C1CCCN(C(=O)c2ccc(Cl)cc2)C1. The number of aromatic nitrogens is 3. The summed E-state index contributed by atoms with van der Waals surface area (Å²) in [4.78, 5) is 29.6. The monoisotopic (exact) mass is 401 g/mol. The fourth-order valence-electron chi connectivity index (χ4n) is 2.81. The van der Waals surface area contributed by atoms with Gasteiger partial charge in [0.05, 0.1) is 5.92 Å². The number of anilines is 1. The first-order valence-electron chi connectivity index (χ1n) is 8.09. The van der Waals surface area contributed by atoms with E-state index in [9.17, 15) is 22.8 Å². The summed E-state index contributed by atoms with van der Waals surface area (Å²) >= 11 is 5.81. The zero-order valence-corrected chi connectivity index (χ0v) is 14.6. The number of hydrogen-bond acceptors (Lipinski definition) is 4. The second kappa shape index (κ2) is 7.55. The number of alkyl halides is 3. The third-order valence-electron chi connectivity index (χ3n) is 4.16. The number of rotatable bonds is 3. The molecule has 1 aromatic carbocycles. The van der Waals surface area contributed by atoms with E-state index in [-0.39, 0.29) is 12.5 Å². The molecule has 3 rings (SSSR count). The van der Waals surface area contributed by atoms with Gasteiger partial charge in [0, 0.05) is 23.7 Å². The minimum atomic E-state index is -4.68. The summed E-state index contributed by atoms with van der Waals surface area (Å²) in [6.45, 7) is 0.647. The van der Waals surface area contributed by atoms with Crippen molar-refractivity contribution in [2.24, 2.45) is 5.92 Å². The number of piperidine rings is 1. The van der Waals surface area contributed by atoms with Gasteiger partial charge in [-0.25, -0.2) is 0 Å². The number of nitrogens with one attached hydrogen (secondary N) is 2. The summed E-state index contributed by atoms with van der Waals surface area (Å²) in [5, 5.41) is 7.85. The first-order valence-corrected chi connectivity index (χ1v) is 8.47. The summed E-state index contributed by atoms with van der Waals surface area (Å²) in [6, 6.07) is 6.40. The Balaban J connectivity index is 1.63. The van der Waals surface area contributed by atoms with E-state index in [1.165, 1.54) is 4.90 Å². The van der Waals surface area contributed by atoms with Crippen molar-refractivity contribution >= 4 is 29.4 Å². The van der Waals surface area contributed by atoms with Crippen LogP contribution in [0.2, 0.25) is 5.02 Å². The summed E-state index contributed by atoms with van der Waals surface area (Å²) in [5.41, 5.74) is 0.448. The predicted molar refractivity (Wildman–Crippen MR) is 90.1 cm³/mol. The van der Waals surface area contributed by atoms with Crippen LogP contribution in [0.15, 0.2) is 24.3 Å². The van der Waals surface area contributed by atoms with Gasteiger partial charge < -0.3 is 4.90 Å². The van der Waals surface area contributed by atoms with Crippen molar-refractivity contribution in [3.63, 3.8) is 0 Å². The van der Waals surface area contributed by atoms with Crippen molar-refractivity contribution < 1.29 is 22.8 Å². The van der Waals surface area contributed by atoms with Gasteiger partial charge in [-0.2, -0.15) is 18.2 Å². The van der Waals surface area contributed by atoms with Gasteiger partial charge in [0.1, 0.15) is 0 Å². The number of nitrogens with zero attached hydrogens (tertiary/aromatic N) is 3. The number of halogens is 4. The maximum Gasteiger partial charge on any atom is 0.451 e. The van der Waals surface area contributed by atoms with Gasteiger partial charge in [0.25, 0.3) is 5.91 Å². The highest BCUT2D eigenvalue weighted by atomic mass is 35.5. The topological polar surface area (TPSA) is 91.0 Å². The molecule has 11 heteroatoms. The van der Waals surface area contributed by atoms with E-state index in [2.05, 4.69) is 15.4 Å². The van der Waals surface area contributed by atoms with Crippen molar-refractivity contribution in [3.8, 4) is 0 Å². The lowest BCUT2D eigenvalue weighted by atomic mass is 9.96. The average Bonchev–Trinajstić information content (AvgIpc) is 3.11. The Morgan fingerprint density at radius 3 is 2.59 bits per heavy atom. The molecule has 1 aliphatic rings. The molecule has 2 N–H and O–H groups in total. The van der Waals surface area contributed by atoms with Crippen molar-refractivity contribution in [3.05, 3.63) is 40.7 Å². The Kier molecular flexibility index (Phi) is 5.36. The minimum absolute atomic E-state index is 0.157. The van der Waals surface area contributed by atoms with Gasteiger partial charge in [-0.1, -0.05) is 11.6 Å². The van der Waals surface area contributed by atoms with Crippen LogP contribution in [0.25, 0.3) is 0 Å². The molecule has 0 spiro atoms. The fraction of sp³-hybridized carbons (Fsp3) is 0.375. The van der Waals surface area contributed by atoms with Gasteiger partial charge in [0.15, 0.2) is 0 Å². The molecule has 1 aromatic heterocycles. The van der Waals surface area contributed by atoms with E-state index in [0.717, 1.165) is 0 Å². The fourth-order valence-corrected chi connectivity index (χ4v) is 2.93. The van der Waals surface area contributed by atoms with Crippen LogP contribution in [0.1, 0.15) is 29.0 Å². The number of carbonyl (C=O) groups is 2. The Morgan fingerprint density at radius 1 is 1.26 bits per heavy atom. The number of likely N-dealkylation sites (tertiary alicyclic amines) is 1. The van der Waals surface area contributed by atoms with Crippen LogP contribution < -0.4 is 5.32 Å². The van der Waals surface area contributed by atoms with E-state index in [4.69, 9.17) is 11.6 Å². The Morgan fingerprint density at radius 2 is 1.96 bits per heavy atom. The predicted octanol–water partition coefficient (Wildman–Crippen LogP) is 2.97. The lowest BCUT2D eigenvalue weighted by molar-refractivity contribution is -0.144. The molecule has 2 heterocycles. The Hall–Kier alpha value is -2.62. The molecule has 2 aromatic rings. The molecular weight excluding hydrogens is 387 g/mol. The standard InChI is InChI=1S/C16H15ClF3N5O2/c17-11-5-3-9(4-6-11)13(27)25-7-1-2-10(8-25)12(26)21-15-22-14(23-24-15)16(18,19)20/h3-6,10H,1-2,7-8H2,(H2,21,22,23,24,26). The van der Waals surface area contributed by atoms with Gasteiger partial charge in [-0.15, -0.1) is 5.10 Å². The van der Waals surface area contributed by atoms with Crippen LogP contribution in [0.5, 0.6) is 0 Å². The lowest BCUT2D eigenvalue weighted by Crippen LogP contribution is -2.43. The highest BCUT2D eigenvalue weighted by Gasteiger charge is 2.36. The van der Waals surface area contributed by atoms with Crippen molar-refractivity contribution in [1.82, 2.24) is 20.1 Å². The second-order valence-corrected chi connectivity index (χ2v) is 6.53. The van der Waals surface area contributed by atoms with E-state index in [1.807, 2.05) is 0 Å². The summed E-state index contributed by atoms with van der Waals surface area (Å²) in [5.74, 6) is -3.07. The molecule has 0 bridgehead atoms. The molecule has 1 unspecified atom stereocenters. The summed E-state index contributed by atoms with van der Waals surface area (Å²) < 4.78 is 37.6. The third kappa shape index (κ3) is 4.57. The van der Waals surface area contributed by atoms with Crippen molar-refractivity contribution in [2.45, 2.75) is 19.0 Å². The molecule has 0 saturated carbocycles. The van der Waals surface area contributed by atoms with Crippen LogP contribution in [0.3, 0.4) is 0 Å².